The van der Waals surface area contributed by atoms with Crippen molar-refractivity contribution in [2.75, 3.05) is 5.32 Å². The van der Waals surface area contributed by atoms with Gasteiger partial charge in [-0.15, -0.1) is 0 Å². The Hall–Kier alpha value is -2.37. The van der Waals surface area contributed by atoms with Crippen molar-refractivity contribution in [3.05, 3.63) is 63.5 Å². The van der Waals surface area contributed by atoms with Gasteiger partial charge in [0.25, 0.3) is 0 Å². The molecule has 2 saturated carbocycles. The second-order valence-corrected chi connectivity index (χ2v) is 7.88. The number of aliphatic hydroxyl groups is 1. The Bertz CT molecular complexity index is 1090. The third-order valence-electron chi connectivity index (χ3n) is 5.62. The maximum absolute atomic E-state index is 13.0. The average Bonchev–Trinajstić information content (AvgIpc) is 3.50. The lowest BCUT2D eigenvalue weighted by Gasteiger charge is -2.33. The zero-order valence-electron chi connectivity index (χ0n) is 14.7. The van der Waals surface area contributed by atoms with E-state index in [2.05, 4.69) is 22.4 Å². The SMILES string of the molecule is O=c1nc(N[C@H]2CC[C@@H]2O)c2ccc(C3CC3)cc2n1-c1ccccc1Cl. The van der Waals surface area contributed by atoms with Crippen molar-refractivity contribution in [1.29, 1.82) is 0 Å². The van der Waals surface area contributed by atoms with Crippen LogP contribution in [-0.4, -0.2) is 26.8 Å². The lowest BCUT2D eigenvalue weighted by molar-refractivity contribution is 0.0785. The van der Waals surface area contributed by atoms with Gasteiger partial charge in [0, 0.05) is 5.39 Å². The van der Waals surface area contributed by atoms with Gasteiger partial charge in [-0.3, -0.25) is 4.57 Å². The summed E-state index contributed by atoms with van der Waals surface area (Å²) in [5, 5.41) is 14.5. The van der Waals surface area contributed by atoms with Crippen LogP contribution in [0.2, 0.25) is 5.02 Å². The quantitative estimate of drug-likeness (QED) is 0.720. The van der Waals surface area contributed by atoms with Crippen LogP contribution in [0.5, 0.6) is 0 Å². The fourth-order valence-corrected chi connectivity index (χ4v) is 3.94. The molecular formula is C21H20ClN3O2. The molecule has 2 aliphatic rings. The Morgan fingerprint density at radius 2 is 1.93 bits per heavy atom. The van der Waals surface area contributed by atoms with E-state index in [4.69, 9.17) is 11.6 Å². The Morgan fingerprint density at radius 1 is 1.11 bits per heavy atom. The molecule has 0 radical (unpaired) electrons. The third kappa shape index (κ3) is 2.91. The van der Waals surface area contributed by atoms with E-state index in [-0.39, 0.29) is 11.7 Å². The Labute approximate surface area is 161 Å². The van der Waals surface area contributed by atoms with E-state index in [0.717, 1.165) is 23.7 Å². The molecule has 27 heavy (non-hydrogen) atoms. The highest BCUT2D eigenvalue weighted by Gasteiger charge is 2.30. The summed E-state index contributed by atoms with van der Waals surface area (Å²) in [7, 11) is 0. The van der Waals surface area contributed by atoms with E-state index in [0.29, 0.717) is 22.4 Å². The first-order chi connectivity index (χ1) is 13.1. The molecule has 0 spiro atoms. The van der Waals surface area contributed by atoms with Gasteiger partial charge in [0.15, 0.2) is 0 Å². The van der Waals surface area contributed by atoms with Gasteiger partial charge in [-0.2, -0.15) is 4.98 Å². The minimum absolute atomic E-state index is 0.0561. The predicted molar refractivity (Wildman–Crippen MR) is 107 cm³/mol. The molecule has 138 valence electrons. The van der Waals surface area contributed by atoms with Crippen LogP contribution in [0, 0.1) is 0 Å². The van der Waals surface area contributed by atoms with Crippen LogP contribution in [0.15, 0.2) is 47.3 Å². The molecule has 2 aromatic carbocycles. The average molecular weight is 382 g/mol. The number of halogens is 1. The number of anilines is 1. The van der Waals surface area contributed by atoms with E-state index in [1.54, 1.807) is 10.6 Å². The number of para-hydroxylation sites is 1. The minimum atomic E-state index is -0.390. The number of benzene rings is 2. The Balaban J connectivity index is 1.74. The first-order valence-electron chi connectivity index (χ1n) is 9.38. The smallest absolute Gasteiger partial charge is 0.354 e. The molecule has 2 atom stereocenters. The van der Waals surface area contributed by atoms with E-state index >= 15 is 0 Å². The van der Waals surface area contributed by atoms with E-state index < -0.39 is 6.10 Å². The van der Waals surface area contributed by atoms with Crippen molar-refractivity contribution < 1.29 is 5.11 Å². The van der Waals surface area contributed by atoms with Crippen LogP contribution >= 0.6 is 11.6 Å². The summed E-state index contributed by atoms with van der Waals surface area (Å²) in [5.74, 6) is 1.10. The number of hydrogen-bond donors (Lipinski definition) is 2. The Kier molecular flexibility index (Phi) is 3.95. The van der Waals surface area contributed by atoms with Gasteiger partial charge < -0.3 is 10.4 Å². The van der Waals surface area contributed by atoms with Gasteiger partial charge in [0.2, 0.25) is 0 Å². The maximum atomic E-state index is 13.0. The van der Waals surface area contributed by atoms with Gasteiger partial charge in [-0.05, 0) is 61.4 Å². The molecule has 1 aromatic heterocycles. The first kappa shape index (κ1) is 16.8. The van der Waals surface area contributed by atoms with Crippen LogP contribution < -0.4 is 11.0 Å². The number of aliphatic hydroxyl groups excluding tert-OH is 1. The van der Waals surface area contributed by atoms with Gasteiger partial charge in [0.1, 0.15) is 5.82 Å². The van der Waals surface area contributed by atoms with E-state index in [1.807, 2.05) is 24.3 Å². The largest absolute Gasteiger partial charge is 0.391 e. The summed E-state index contributed by atoms with van der Waals surface area (Å²) in [5.41, 5.74) is 2.29. The van der Waals surface area contributed by atoms with Crippen LogP contribution in [0.25, 0.3) is 16.6 Å². The first-order valence-corrected chi connectivity index (χ1v) is 9.76. The molecule has 0 bridgehead atoms. The van der Waals surface area contributed by atoms with Gasteiger partial charge >= 0.3 is 5.69 Å². The summed E-state index contributed by atoms with van der Waals surface area (Å²) in [6.45, 7) is 0. The Morgan fingerprint density at radius 3 is 2.59 bits per heavy atom. The van der Waals surface area contributed by atoms with Crippen molar-refractivity contribution in [1.82, 2.24) is 9.55 Å². The van der Waals surface area contributed by atoms with Crippen LogP contribution in [0.1, 0.15) is 37.2 Å². The number of nitrogens with one attached hydrogen (secondary N) is 1. The zero-order valence-corrected chi connectivity index (χ0v) is 15.5. The fraction of sp³-hybridized carbons (Fsp3) is 0.333. The van der Waals surface area contributed by atoms with Crippen molar-refractivity contribution in [2.24, 2.45) is 0 Å². The molecule has 0 unspecified atom stereocenters. The van der Waals surface area contributed by atoms with E-state index in [1.165, 1.54) is 18.4 Å². The second-order valence-electron chi connectivity index (χ2n) is 7.48. The summed E-state index contributed by atoms with van der Waals surface area (Å²) in [4.78, 5) is 17.3. The fourth-order valence-electron chi connectivity index (χ4n) is 3.72. The topological polar surface area (TPSA) is 67.2 Å². The van der Waals surface area contributed by atoms with Crippen molar-refractivity contribution in [3.63, 3.8) is 0 Å². The third-order valence-corrected chi connectivity index (χ3v) is 5.94. The number of hydrogen-bond acceptors (Lipinski definition) is 4. The highest BCUT2D eigenvalue weighted by Crippen LogP contribution is 2.41. The van der Waals surface area contributed by atoms with Crippen LogP contribution in [0.3, 0.4) is 0 Å². The lowest BCUT2D eigenvalue weighted by Crippen LogP contribution is -2.43. The summed E-state index contributed by atoms with van der Waals surface area (Å²) < 4.78 is 1.59. The maximum Gasteiger partial charge on any atom is 0.354 e. The molecule has 5 nitrogen and oxygen atoms in total. The van der Waals surface area contributed by atoms with Crippen LogP contribution in [0.4, 0.5) is 5.82 Å². The number of aromatic nitrogens is 2. The molecule has 0 saturated heterocycles. The highest BCUT2D eigenvalue weighted by molar-refractivity contribution is 6.32. The van der Waals surface area contributed by atoms with Crippen molar-refractivity contribution in [2.45, 2.75) is 43.7 Å². The molecule has 1 heterocycles. The number of nitrogens with zero attached hydrogens (tertiary/aromatic N) is 2. The van der Waals surface area contributed by atoms with Crippen LogP contribution in [-0.2, 0) is 0 Å². The van der Waals surface area contributed by atoms with Gasteiger partial charge in [0.05, 0.1) is 28.4 Å². The zero-order chi connectivity index (χ0) is 18.5. The van der Waals surface area contributed by atoms with Crippen molar-refractivity contribution in [3.8, 4) is 5.69 Å². The summed E-state index contributed by atoms with van der Waals surface area (Å²) in [6, 6.07) is 13.5. The molecule has 0 aliphatic heterocycles. The number of fused-ring (bicyclic) bond motifs is 1. The van der Waals surface area contributed by atoms with E-state index in [9.17, 15) is 9.90 Å². The summed E-state index contributed by atoms with van der Waals surface area (Å²) >= 11 is 6.38. The molecule has 2 aliphatic carbocycles. The monoisotopic (exact) mass is 381 g/mol. The van der Waals surface area contributed by atoms with Crippen molar-refractivity contribution >= 4 is 28.3 Å². The lowest BCUT2D eigenvalue weighted by atomic mass is 9.89. The molecule has 6 heteroatoms. The van der Waals surface area contributed by atoms with Gasteiger partial charge in [-0.25, -0.2) is 4.79 Å². The molecular weight excluding hydrogens is 362 g/mol. The molecule has 2 fully saturated rings. The number of rotatable bonds is 4. The molecule has 0 amide bonds. The molecule has 5 rings (SSSR count). The highest BCUT2D eigenvalue weighted by atomic mass is 35.5. The standard InChI is InChI=1S/C21H20ClN3O2/c22-15-3-1-2-4-17(15)25-18-11-13(12-5-6-12)7-8-14(18)20(24-21(25)27)23-16-9-10-19(16)26/h1-4,7-8,11-12,16,19,26H,5-6,9-10H2,(H,23,24,27)/t16-,19-/m0/s1. The summed E-state index contributed by atoms with van der Waals surface area (Å²) in [6.07, 6.45) is 3.63. The molecule has 2 N–H and O–H groups in total. The molecule has 3 aromatic rings. The normalized spacial score (nSPS) is 21.9. The minimum Gasteiger partial charge on any atom is -0.391 e. The van der Waals surface area contributed by atoms with Gasteiger partial charge in [-0.1, -0.05) is 29.8 Å². The predicted octanol–water partition coefficient (Wildman–Crippen LogP) is 3.85. The second kappa shape index (κ2) is 6.36.